The minimum Gasteiger partial charge on any atom is -0.462 e. The van der Waals surface area contributed by atoms with Crippen LogP contribution in [0.15, 0.2) is 12.2 Å². The van der Waals surface area contributed by atoms with Crippen molar-refractivity contribution in [2.75, 3.05) is 13.1 Å². The molecule has 0 bridgehead atoms. The Morgan fingerprint density at radius 1 is 1.31 bits per heavy atom. The number of carbonyl (C=O) groups is 2. The fraction of sp³-hybridized carbons (Fsp3) is 0.810. The Hall–Kier alpha value is -1.36. The van der Waals surface area contributed by atoms with Crippen LogP contribution in [-0.2, 0) is 14.3 Å². The van der Waals surface area contributed by atoms with Crippen molar-refractivity contribution in [2.24, 2.45) is 23.2 Å². The molecule has 0 aromatic carbocycles. The van der Waals surface area contributed by atoms with Crippen LogP contribution in [0.1, 0.15) is 58.3 Å². The molecule has 1 amide bonds. The summed E-state index contributed by atoms with van der Waals surface area (Å²) in [6.45, 7) is 8.01. The third kappa shape index (κ3) is 3.19. The molecule has 0 aromatic rings. The van der Waals surface area contributed by atoms with Crippen LogP contribution in [0.3, 0.4) is 0 Å². The first-order chi connectivity index (χ1) is 12.5. The molecule has 6 atom stereocenters. The molecule has 2 aliphatic carbocycles. The molecule has 2 saturated heterocycles. The Morgan fingerprint density at radius 2 is 2.15 bits per heavy atom. The minimum absolute atomic E-state index is 0.0458. The van der Waals surface area contributed by atoms with Crippen molar-refractivity contribution in [3.05, 3.63) is 12.2 Å². The van der Waals surface area contributed by atoms with Crippen LogP contribution in [-0.4, -0.2) is 37.1 Å². The Balaban J connectivity index is 1.44. The van der Waals surface area contributed by atoms with Gasteiger partial charge in [-0.05, 0) is 62.7 Å². The number of allylic oxidation sites excluding steroid dienone is 1. The highest BCUT2D eigenvalue weighted by atomic mass is 16.6. The van der Waals surface area contributed by atoms with Crippen molar-refractivity contribution in [3.63, 3.8) is 0 Å². The Kier molecular flexibility index (Phi) is 4.84. The molecule has 4 rings (SSSR count). The van der Waals surface area contributed by atoms with Gasteiger partial charge in [0.25, 0.3) is 0 Å². The molecular weight excluding hydrogens is 328 g/mol. The maximum absolute atomic E-state index is 12.6. The lowest BCUT2D eigenvalue weighted by Crippen LogP contribution is -2.48. The van der Waals surface area contributed by atoms with Crippen LogP contribution < -0.4 is 10.6 Å². The fourth-order valence-electron chi connectivity index (χ4n) is 5.89. The van der Waals surface area contributed by atoms with Crippen LogP contribution >= 0.6 is 0 Å². The molecule has 0 radical (unpaired) electrons. The lowest BCUT2D eigenvalue weighted by molar-refractivity contribution is -0.146. The summed E-state index contributed by atoms with van der Waals surface area (Å²) in [6.07, 6.45) is 8.48. The second-order valence-corrected chi connectivity index (χ2v) is 9.15. The van der Waals surface area contributed by atoms with Gasteiger partial charge in [-0.1, -0.05) is 19.1 Å². The van der Waals surface area contributed by atoms with Crippen LogP contribution in [0.25, 0.3) is 0 Å². The molecule has 2 unspecified atom stereocenters. The summed E-state index contributed by atoms with van der Waals surface area (Å²) in [5.41, 5.74) is 1.60. The largest absolute Gasteiger partial charge is 0.462 e. The molecule has 144 valence electrons. The van der Waals surface area contributed by atoms with E-state index >= 15 is 0 Å². The zero-order valence-electron chi connectivity index (χ0n) is 15.9. The zero-order valence-corrected chi connectivity index (χ0v) is 15.9. The molecule has 2 saturated carbocycles. The number of hydrogen-bond acceptors (Lipinski definition) is 4. The number of amides is 1. The maximum atomic E-state index is 12.6. The summed E-state index contributed by atoms with van der Waals surface area (Å²) in [5.74, 6) is 0.638. The maximum Gasteiger partial charge on any atom is 0.310 e. The summed E-state index contributed by atoms with van der Waals surface area (Å²) in [5, 5.41) is 6.33. The van der Waals surface area contributed by atoms with Gasteiger partial charge in [0.05, 0.1) is 12.0 Å². The molecule has 2 heterocycles. The van der Waals surface area contributed by atoms with Crippen LogP contribution in [0.2, 0.25) is 0 Å². The summed E-state index contributed by atoms with van der Waals surface area (Å²) >= 11 is 0. The molecule has 2 N–H and O–H groups in total. The molecule has 4 aliphatic rings. The number of fused-ring (bicyclic) bond motifs is 2. The van der Waals surface area contributed by atoms with E-state index in [0.29, 0.717) is 12.5 Å². The van der Waals surface area contributed by atoms with Gasteiger partial charge in [0.2, 0.25) is 5.91 Å². The quantitative estimate of drug-likeness (QED) is 0.600. The van der Waals surface area contributed by atoms with E-state index < -0.39 is 0 Å². The average Bonchev–Trinajstić information content (AvgIpc) is 2.74. The molecule has 5 nitrogen and oxygen atoms in total. The molecule has 0 spiro atoms. The van der Waals surface area contributed by atoms with Crippen molar-refractivity contribution in [1.29, 1.82) is 0 Å². The first kappa shape index (κ1) is 18.0. The van der Waals surface area contributed by atoms with Crippen molar-refractivity contribution in [2.45, 2.75) is 70.4 Å². The summed E-state index contributed by atoms with van der Waals surface area (Å²) in [6, 6.07) is -0.178. The standard InChI is InChI=1S/C21H32N2O3/c1-13-6-5-8-21(2)11-18-14(10-16(13)21)15(20(25)26-18)12-23-17-7-3-4-9-22-19(17)24/h14-18,23H,1,3-12H2,2H3,(H,22,24)/t14-,15?,16?,17+,18-,21-/m1/s1. The van der Waals surface area contributed by atoms with E-state index in [4.69, 9.17) is 4.74 Å². The summed E-state index contributed by atoms with van der Waals surface area (Å²) in [7, 11) is 0. The van der Waals surface area contributed by atoms with Crippen molar-refractivity contribution < 1.29 is 14.3 Å². The van der Waals surface area contributed by atoms with Gasteiger partial charge >= 0.3 is 5.97 Å². The first-order valence-electron chi connectivity index (χ1n) is 10.4. The van der Waals surface area contributed by atoms with Gasteiger partial charge in [-0.15, -0.1) is 0 Å². The number of esters is 1. The normalized spacial score (nSPS) is 43.1. The highest BCUT2D eigenvalue weighted by molar-refractivity contribution is 5.82. The second kappa shape index (κ2) is 6.99. The summed E-state index contributed by atoms with van der Waals surface area (Å²) < 4.78 is 5.81. The van der Waals surface area contributed by atoms with Crippen molar-refractivity contribution >= 4 is 11.9 Å². The SMILES string of the molecule is C=C1CCC[C@]2(C)C[C@H]3OC(=O)C(CN[C@H]4CCCCNC4=O)[C@H]3CC12. The molecular formula is C21H32N2O3. The van der Waals surface area contributed by atoms with E-state index in [2.05, 4.69) is 24.1 Å². The van der Waals surface area contributed by atoms with Crippen LogP contribution in [0, 0.1) is 23.2 Å². The smallest absolute Gasteiger partial charge is 0.310 e. The van der Waals surface area contributed by atoms with E-state index in [9.17, 15) is 9.59 Å². The van der Waals surface area contributed by atoms with Crippen molar-refractivity contribution in [1.82, 2.24) is 10.6 Å². The predicted molar refractivity (Wildman–Crippen MR) is 99.3 cm³/mol. The van der Waals surface area contributed by atoms with E-state index in [1.54, 1.807) is 0 Å². The molecule has 2 aliphatic heterocycles. The number of carbonyl (C=O) groups excluding carboxylic acids is 2. The number of rotatable bonds is 3. The van der Waals surface area contributed by atoms with E-state index in [0.717, 1.165) is 45.1 Å². The monoisotopic (exact) mass is 360 g/mol. The van der Waals surface area contributed by atoms with Gasteiger partial charge in [0.15, 0.2) is 0 Å². The number of hydrogen-bond donors (Lipinski definition) is 2. The fourth-order valence-corrected chi connectivity index (χ4v) is 5.89. The highest BCUT2D eigenvalue weighted by Crippen LogP contribution is 2.56. The van der Waals surface area contributed by atoms with E-state index in [-0.39, 0.29) is 41.3 Å². The molecule has 4 fully saturated rings. The number of nitrogens with one attached hydrogen (secondary N) is 2. The Bertz CT molecular complexity index is 604. The molecule has 5 heteroatoms. The number of ether oxygens (including phenoxy) is 1. The topological polar surface area (TPSA) is 67.4 Å². The second-order valence-electron chi connectivity index (χ2n) is 9.15. The van der Waals surface area contributed by atoms with E-state index in [1.807, 2.05) is 0 Å². The minimum atomic E-state index is -0.178. The third-order valence-electron chi connectivity index (χ3n) is 7.44. The van der Waals surface area contributed by atoms with Crippen LogP contribution in [0.5, 0.6) is 0 Å². The molecule has 26 heavy (non-hydrogen) atoms. The Morgan fingerprint density at radius 3 is 3.00 bits per heavy atom. The van der Waals surface area contributed by atoms with Gasteiger partial charge in [0, 0.05) is 19.0 Å². The van der Waals surface area contributed by atoms with Crippen LogP contribution in [0.4, 0.5) is 0 Å². The lowest BCUT2D eigenvalue weighted by atomic mass is 9.55. The van der Waals surface area contributed by atoms with Gasteiger partial charge in [0.1, 0.15) is 6.10 Å². The van der Waals surface area contributed by atoms with Gasteiger partial charge in [-0.2, -0.15) is 0 Å². The molecule has 0 aromatic heterocycles. The van der Waals surface area contributed by atoms with Gasteiger partial charge in [-0.25, -0.2) is 0 Å². The first-order valence-corrected chi connectivity index (χ1v) is 10.4. The zero-order chi connectivity index (χ0) is 18.3. The summed E-state index contributed by atoms with van der Waals surface area (Å²) in [4.78, 5) is 24.7. The van der Waals surface area contributed by atoms with Gasteiger partial charge in [-0.3, -0.25) is 9.59 Å². The Labute approximate surface area is 156 Å². The van der Waals surface area contributed by atoms with E-state index in [1.165, 1.54) is 18.4 Å². The van der Waals surface area contributed by atoms with Gasteiger partial charge < -0.3 is 15.4 Å². The highest BCUT2D eigenvalue weighted by Gasteiger charge is 2.55. The predicted octanol–water partition coefficient (Wildman–Crippen LogP) is 2.56. The lowest BCUT2D eigenvalue weighted by Gasteiger charge is -2.50. The van der Waals surface area contributed by atoms with Crippen molar-refractivity contribution in [3.8, 4) is 0 Å². The average molecular weight is 360 g/mol. The third-order valence-corrected chi connectivity index (χ3v) is 7.44.